The molecule has 2 aromatic rings. The fourth-order valence-corrected chi connectivity index (χ4v) is 1.81. The van der Waals surface area contributed by atoms with Crippen LogP contribution in [0.1, 0.15) is 5.56 Å². The number of nitrogens with zero attached hydrogens (tertiary/aromatic N) is 3. The number of anilines is 2. The van der Waals surface area contributed by atoms with Crippen LogP contribution in [0.4, 0.5) is 11.5 Å². The summed E-state index contributed by atoms with van der Waals surface area (Å²) in [6.07, 6.45) is 1.98. The van der Waals surface area contributed by atoms with E-state index >= 15 is 0 Å². The number of para-hydroxylation sites is 1. The van der Waals surface area contributed by atoms with Crippen molar-refractivity contribution in [1.29, 1.82) is 0 Å². The lowest BCUT2D eigenvalue weighted by molar-refractivity contribution is -0.116. The minimum atomic E-state index is 0.0325. The zero-order chi connectivity index (χ0) is 10.3. The van der Waals surface area contributed by atoms with Gasteiger partial charge in [0, 0.05) is 0 Å². The van der Waals surface area contributed by atoms with Gasteiger partial charge in [0.25, 0.3) is 0 Å². The molecule has 74 valence electrons. The molecule has 1 amide bonds. The maximum Gasteiger partial charge on any atom is 0.237 e. The molecule has 0 fully saturated rings. The average molecular weight is 200 g/mol. The Labute approximate surface area is 85.7 Å². The first-order valence-corrected chi connectivity index (χ1v) is 4.63. The number of H-pyrrole nitrogens is 1. The van der Waals surface area contributed by atoms with Crippen molar-refractivity contribution in [3.63, 3.8) is 0 Å². The summed E-state index contributed by atoms with van der Waals surface area (Å²) >= 11 is 0. The minimum absolute atomic E-state index is 0.0325. The Balaban J connectivity index is 2.14. The van der Waals surface area contributed by atoms with E-state index in [9.17, 15) is 4.79 Å². The van der Waals surface area contributed by atoms with Gasteiger partial charge in [-0.05, 0) is 11.6 Å². The van der Waals surface area contributed by atoms with E-state index in [2.05, 4.69) is 15.4 Å². The quantitative estimate of drug-likeness (QED) is 0.747. The molecule has 0 saturated heterocycles. The van der Waals surface area contributed by atoms with Crippen LogP contribution >= 0.6 is 0 Å². The molecule has 1 aliphatic rings. The van der Waals surface area contributed by atoms with Crippen LogP contribution in [0.5, 0.6) is 0 Å². The highest BCUT2D eigenvalue weighted by atomic mass is 16.2. The van der Waals surface area contributed by atoms with Crippen molar-refractivity contribution in [3.8, 4) is 0 Å². The standard InChI is InChI=1S/C10H8N4O/c15-10-5-7-3-1-2-4-8(7)14(10)9-6-11-13-12-9/h1-4,6H,5H2,(H,11,12,13). The molecule has 0 spiro atoms. The van der Waals surface area contributed by atoms with Gasteiger partial charge in [-0.25, -0.2) is 0 Å². The van der Waals surface area contributed by atoms with E-state index < -0.39 is 0 Å². The van der Waals surface area contributed by atoms with Crippen LogP contribution in [-0.2, 0) is 11.2 Å². The molecule has 1 aromatic carbocycles. The van der Waals surface area contributed by atoms with Crippen LogP contribution in [0.15, 0.2) is 30.5 Å². The first-order chi connectivity index (χ1) is 7.36. The predicted molar refractivity (Wildman–Crippen MR) is 53.7 cm³/mol. The number of benzene rings is 1. The molecular weight excluding hydrogens is 192 g/mol. The third-order valence-corrected chi connectivity index (χ3v) is 2.46. The van der Waals surface area contributed by atoms with Crippen LogP contribution in [0, 0.1) is 0 Å². The summed E-state index contributed by atoms with van der Waals surface area (Å²) in [7, 11) is 0. The van der Waals surface area contributed by atoms with Crippen molar-refractivity contribution in [3.05, 3.63) is 36.0 Å². The number of fused-ring (bicyclic) bond motifs is 1. The van der Waals surface area contributed by atoms with Crippen molar-refractivity contribution in [2.24, 2.45) is 0 Å². The van der Waals surface area contributed by atoms with E-state index in [1.54, 1.807) is 11.1 Å². The second-order valence-corrected chi connectivity index (χ2v) is 3.36. The monoisotopic (exact) mass is 200 g/mol. The molecule has 1 N–H and O–H groups in total. The van der Waals surface area contributed by atoms with Gasteiger partial charge in [-0.3, -0.25) is 9.69 Å². The normalized spacial score (nSPS) is 14.4. The van der Waals surface area contributed by atoms with Crippen LogP contribution < -0.4 is 4.90 Å². The minimum Gasteiger partial charge on any atom is -0.274 e. The summed E-state index contributed by atoms with van der Waals surface area (Å²) in [5.74, 6) is 0.579. The van der Waals surface area contributed by atoms with E-state index in [-0.39, 0.29) is 5.91 Å². The lowest BCUT2D eigenvalue weighted by Gasteiger charge is -2.12. The predicted octanol–water partition coefficient (Wildman–Crippen LogP) is 1.03. The second kappa shape index (κ2) is 2.91. The molecule has 1 aromatic heterocycles. The summed E-state index contributed by atoms with van der Waals surface area (Å²) in [6, 6.07) is 7.70. The van der Waals surface area contributed by atoms with Crippen molar-refractivity contribution in [2.45, 2.75) is 6.42 Å². The first-order valence-electron chi connectivity index (χ1n) is 4.63. The highest BCUT2D eigenvalue weighted by molar-refractivity contribution is 6.06. The average Bonchev–Trinajstić information content (AvgIpc) is 2.82. The highest BCUT2D eigenvalue weighted by Gasteiger charge is 2.29. The fraction of sp³-hybridized carbons (Fsp3) is 0.100. The maximum atomic E-state index is 11.8. The summed E-state index contributed by atoms with van der Waals surface area (Å²) in [4.78, 5) is 13.4. The summed E-state index contributed by atoms with van der Waals surface area (Å²) in [5.41, 5.74) is 1.93. The van der Waals surface area contributed by atoms with E-state index in [0.29, 0.717) is 12.2 Å². The third kappa shape index (κ3) is 1.13. The van der Waals surface area contributed by atoms with Gasteiger partial charge in [-0.2, -0.15) is 10.3 Å². The Morgan fingerprint density at radius 1 is 1.33 bits per heavy atom. The van der Waals surface area contributed by atoms with Crippen LogP contribution in [-0.4, -0.2) is 21.3 Å². The van der Waals surface area contributed by atoms with E-state index in [1.807, 2.05) is 24.3 Å². The molecule has 0 saturated carbocycles. The molecular formula is C10H8N4O. The van der Waals surface area contributed by atoms with Crippen molar-refractivity contribution >= 4 is 17.4 Å². The van der Waals surface area contributed by atoms with Crippen molar-refractivity contribution < 1.29 is 4.79 Å². The number of aromatic nitrogens is 3. The third-order valence-electron chi connectivity index (χ3n) is 2.46. The van der Waals surface area contributed by atoms with E-state index in [0.717, 1.165) is 11.3 Å². The zero-order valence-corrected chi connectivity index (χ0v) is 7.84. The Hall–Kier alpha value is -2.17. The van der Waals surface area contributed by atoms with Gasteiger partial charge in [0.05, 0.1) is 18.3 Å². The topological polar surface area (TPSA) is 61.9 Å². The number of rotatable bonds is 1. The highest BCUT2D eigenvalue weighted by Crippen LogP contribution is 2.33. The molecule has 5 heteroatoms. The largest absolute Gasteiger partial charge is 0.274 e. The molecule has 3 rings (SSSR count). The SMILES string of the molecule is O=C1Cc2ccccc2N1c1cn[nH]n1. The zero-order valence-electron chi connectivity index (χ0n) is 7.84. The number of hydrogen-bond acceptors (Lipinski definition) is 3. The van der Waals surface area contributed by atoms with Crippen LogP contribution in [0.25, 0.3) is 0 Å². The smallest absolute Gasteiger partial charge is 0.237 e. The molecule has 0 radical (unpaired) electrons. The van der Waals surface area contributed by atoms with Gasteiger partial charge in [0.1, 0.15) is 0 Å². The molecule has 15 heavy (non-hydrogen) atoms. The van der Waals surface area contributed by atoms with E-state index in [4.69, 9.17) is 0 Å². The number of amides is 1. The number of hydrogen-bond donors (Lipinski definition) is 1. The van der Waals surface area contributed by atoms with Gasteiger partial charge >= 0.3 is 0 Å². The Bertz CT molecular complexity index is 506. The lowest BCUT2D eigenvalue weighted by Crippen LogP contribution is -2.21. The Morgan fingerprint density at radius 3 is 3.00 bits per heavy atom. The Morgan fingerprint density at radius 2 is 2.20 bits per heavy atom. The first kappa shape index (κ1) is 8.16. The molecule has 0 atom stereocenters. The number of carbonyl (C=O) groups excluding carboxylic acids is 1. The number of aromatic amines is 1. The molecule has 5 nitrogen and oxygen atoms in total. The van der Waals surface area contributed by atoms with Gasteiger partial charge in [-0.15, -0.1) is 5.10 Å². The molecule has 0 bridgehead atoms. The maximum absolute atomic E-state index is 11.8. The fourth-order valence-electron chi connectivity index (χ4n) is 1.81. The van der Waals surface area contributed by atoms with Gasteiger partial charge in [-0.1, -0.05) is 18.2 Å². The number of carbonyl (C=O) groups is 1. The van der Waals surface area contributed by atoms with Crippen molar-refractivity contribution in [1.82, 2.24) is 15.4 Å². The van der Waals surface area contributed by atoms with Gasteiger partial charge in [0.15, 0.2) is 5.82 Å². The number of nitrogens with one attached hydrogen (secondary N) is 1. The van der Waals surface area contributed by atoms with Crippen LogP contribution in [0.3, 0.4) is 0 Å². The van der Waals surface area contributed by atoms with Gasteiger partial charge in [0.2, 0.25) is 5.91 Å². The summed E-state index contributed by atoms with van der Waals surface area (Å²) in [5, 5.41) is 10.1. The molecule has 0 unspecified atom stereocenters. The second-order valence-electron chi connectivity index (χ2n) is 3.36. The van der Waals surface area contributed by atoms with Crippen molar-refractivity contribution in [2.75, 3.05) is 4.90 Å². The molecule has 2 heterocycles. The molecule has 0 aliphatic carbocycles. The Kier molecular flexibility index (Phi) is 1.58. The summed E-state index contributed by atoms with van der Waals surface area (Å²) in [6.45, 7) is 0. The lowest BCUT2D eigenvalue weighted by atomic mass is 10.2. The molecule has 1 aliphatic heterocycles. The van der Waals surface area contributed by atoms with E-state index in [1.165, 1.54) is 0 Å². The van der Waals surface area contributed by atoms with Crippen LogP contribution in [0.2, 0.25) is 0 Å². The summed E-state index contributed by atoms with van der Waals surface area (Å²) < 4.78 is 0. The van der Waals surface area contributed by atoms with Gasteiger partial charge < -0.3 is 0 Å².